The molecule has 0 unspecified atom stereocenters. The lowest BCUT2D eigenvalue weighted by Crippen LogP contribution is -2.61. The average Bonchev–Trinajstić information content (AvgIpc) is 3.57. The summed E-state index contributed by atoms with van der Waals surface area (Å²) in [4.78, 5) is 48.5. The van der Waals surface area contributed by atoms with Crippen LogP contribution in [0.2, 0.25) is 0 Å². The van der Waals surface area contributed by atoms with Gasteiger partial charge in [0, 0.05) is 63.2 Å². The summed E-state index contributed by atoms with van der Waals surface area (Å²) >= 11 is 0. The normalized spacial score (nSPS) is 22.4. The molecule has 0 N–H and O–H groups in total. The molecule has 1 atom stereocenters. The number of benzene rings is 2. The highest BCUT2D eigenvalue weighted by atomic mass is 16.7. The first-order valence-corrected chi connectivity index (χ1v) is 13.6. The van der Waals surface area contributed by atoms with Crippen molar-refractivity contribution in [1.82, 2.24) is 19.6 Å². The number of hydrogen-bond donors (Lipinski definition) is 0. The second-order valence-corrected chi connectivity index (χ2v) is 10.8. The number of carbonyl (C=O) groups excluding carboxylic acids is 3. The smallest absolute Gasteiger partial charge is 0.256 e. The predicted molar refractivity (Wildman–Crippen MR) is 142 cm³/mol. The molecule has 0 saturated carbocycles. The Balaban J connectivity index is 1.23. The highest BCUT2D eigenvalue weighted by Crippen LogP contribution is 2.40. The molecule has 0 radical (unpaired) electrons. The van der Waals surface area contributed by atoms with Crippen LogP contribution in [-0.4, -0.2) is 109 Å². The summed E-state index contributed by atoms with van der Waals surface area (Å²) in [6.45, 7) is 5.93. The number of ether oxygens (including phenoxy) is 3. The number of amides is 3. The molecule has 3 fully saturated rings. The third-order valence-corrected chi connectivity index (χ3v) is 8.33. The van der Waals surface area contributed by atoms with Gasteiger partial charge in [-0.3, -0.25) is 19.3 Å². The third-order valence-electron chi connectivity index (χ3n) is 8.33. The number of rotatable bonds is 3. The number of piperidine rings is 1. The lowest BCUT2D eigenvalue weighted by atomic mass is 9.95. The van der Waals surface area contributed by atoms with E-state index in [-0.39, 0.29) is 31.1 Å². The van der Waals surface area contributed by atoms with Crippen molar-refractivity contribution in [3.8, 4) is 11.5 Å². The molecular formula is C29H34N4O6. The number of likely N-dealkylation sites (N-methyl/N-ethyl adjacent to an activating group) is 1. The van der Waals surface area contributed by atoms with Crippen LogP contribution < -0.4 is 9.47 Å². The first kappa shape index (κ1) is 25.6. The van der Waals surface area contributed by atoms with Crippen molar-refractivity contribution in [1.29, 1.82) is 0 Å². The lowest BCUT2D eigenvalue weighted by Gasteiger charge is -2.45. The number of nitrogens with zero attached hydrogens (tertiary/aromatic N) is 4. The average molecular weight is 535 g/mol. The van der Waals surface area contributed by atoms with Gasteiger partial charge >= 0.3 is 0 Å². The van der Waals surface area contributed by atoms with E-state index in [1.165, 1.54) is 0 Å². The maximum absolute atomic E-state index is 14.0. The first-order valence-electron chi connectivity index (χ1n) is 13.6. The van der Waals surface area contributed by atoms with Gasteiger partial charge in [0.2, 0.25) is 12.7 Å². The van der Waals surface area contributed by atoms with Crippen LogP contribution >= 0.6 is 0 Å². The minimum atomic E-state index is -0.944. The number of piperazine rings is 1. The maximum atomic E-state index is 14.0. The van der Waals surface area contributed by atoms with Crippen LogP contribution in [0.5, 0.6) is 11.5 Å². The summed E-state index contributed by atoms with van der Waals surface area (Å²) in [6.07, 6.45) is 0.848. The van der Waals surface area contributed by atoms with Crippen molar-refractivity contribution in [3.63, 3.8) is 0 Å². The molecule has 2 aromatic carbocycles. The first-order chi connectivity index (χ1) is 18.8. The van der Waals surface area contributed by atoms with Crippen LogP contribution in [-0.2, 0) is 9.53 Å². The number of aryl methyl sites for hydroxylation is 1. The van der Waals surface area contributed by atoms with Crippen molar-refractivity contribution < 1.29 is 28.6 Å². The molecule has 3 amide bonds. The zero-order chi connectivity index (χ0) is 27.1. The molecule has 4 aliphatic rings. The van der Waals surface area contributed by atoms with Crippen LogP contribution in [0, 0.1) is 6.92 Å². The highest BCUT2D eigenvalue weighted by molar-refractivity contribution is 5.99. The maximum Gasteiger partial charge on any atom is 0.256 e. The van der Waals surface area contributed by atoms with Crippen molar-refractivity contribution in [2.75, 3.05) is 59.7 Å². The summed E-state index contributed by atoms with van der Waals surface area (Å²) in [5.74, 6) is 0.802. The van der Waals surface area contributed by atoms with Crippen LogP contribution in [0.3, 0.4) is 0 Å². The monoisotopic (exact) mass is 534 g/mol. The lowest BCUT2D eigenvalue weighted by molar-refractivity contribution is -0.139. The van der Waals surface area contributed by atoms with E-state index < -0.39 is 11.8 Å². The van der Waals surface area contributed by atoms with E-state index in [4.69, 9.17) is 14.2 Å². The largest absolute Gasteiger partial charge is 0.454 e. The molecular weight excluding hydrogens is 500 g/mol. The van der Waals surface area contributed by atoms with Crippen LogP contribution in [0.4, 0.5) is 0 Å². The number of likely N-dealkylation sites (tertiary alicyclic amines) is 1. The van der Waals surface area contributed by atoms with E-state index in [9.17, 15) is 14.4 Å². The Morgan fingerprint density at radius 2 is 1.46 bits per heavy atom. The van der Waals surface area contributed by atoms with Gasteiger partial charge in [0.1, 0.15) is 11.8 Å². The summed E-state index contributed by atoms with van der Waals surface area (Å²) in [5, 5.41) is 0. The second-order valence-electron chi connectivity index (χ2n) is 10.8. The molecule has 0 aliphatic carbocycles. The molecule has 0 bridgehead atoms. The minimum Gasteiger partial charge on any atom is -0.454 e. The standard InChI is InChI=1S/C29H34N4O6/c1-20-3-5-21(6-4-20)27(35)33-23(28(36)32-15-13-30(2)14-16-32)18-39-29(33)9-11-31(12-10-29)26(34)22-7-8-24-25(17-22)38-19-37-24/h3-8,17,23H,9-16,18-19H2,1-2H3/t23-/m0/s1. The van der Waals surface area contributed by atoms with Gasteiger partial charge in [-0.05, 0) is 44.3 Å². The van der Waals surface area contributed by atoms with Gasteiger partial charge in [-0.1, -0.05) is 17.7 Å². The molecule has 2 aromatic rings. The van der Waals surface area contributed by atoms with E-state index in [1.807, 2.05) is 31.0 Å². The minimum absolute atomic E-state index is 0.0701. The zero-order valence-corrected chi connectivity index (χ0v) is 22.4. The van der Waals surface area contributed by atoms with Crippen LogP contribution in [0.1, 0.15) is 39.1 Å². The van der Waals surface area contributed by atoms with Gasteiger partial charge < -0.3 is 28.9 Å². The summed E-state index contributed by atoms with van der Waals surface area (Å²) in [6, 6.07) is 11.9. The van der Waals surface area contributed by atoms with Gasteiger partial charge in [-0.2, -0.15) is 0 Å². The number of carbonyl (C=O) groups is 3. The molecule has 1 spiro atoms. The van der Waals surface area contributed by atoms with Crippen molar-refractivity contribution in [2.45, 2.75) is 31.5 Å². The Kier molecular flexibility index (Phi) is 6.68. The predicted octanol–water partition coefficient (Wildman–Crippen LogP) is 1.97. The fourth-order valence-electron chi connectivity index (χ4n) is 5.90. The van der Waals surface area contributed by atoms with Crippen molar-refractivity contribution in [2.24, 2.45) is 0 Å². The molecule has 206 valence electrons. The van der Waals surface area contributed by atoms with Crippen LogP contribution in [0.15, 0.2) is 42.5 Å². The molecule has 4 heterocycles. The van der Waals surface area contributed by atoms with Crippen molar-refractivity contribution >= 4 is 17.7 Å². The highest BCUT2D eigenvalue weighted by Gasteiger charge is 2.55. The Morgan fingerprint density at radius 3 is 2.18 bits per heavy atom. The second kappa shape index (κ2) is 10.2. The van der Waals surface area contributed by atoms with E-state index in [0.29, 0.717) is 61.6 Å². The number of hydrogen-bond acceptors (Lipinski definition) is 7. The van der Waals surface area contributed by atoms with Gasteiger partial charge in [0.15, 0.2) is 11.5 Å². The summed E-state index contributed by atoms with van der Waals surface area (Å²) < 4.78 is 17.2. The van der Waals surface area contributed by atoms with Gasteiger partial charge in [-0.25, -0.2) is 0 Å². The molecule has 10 nitrogen and oxygen atoms in total. The van der Waals surface area contributed by atoms with E-state index in [1.54, 1.807) is 40.1 Å². The molecule has 6 rings (SSSR count). The van der Waals surface area contributed by atoms with E-state index in [2.05, 4.69) is 4.90 Å². The Hall–Kier alpha value is -3.63. The SMILES string of the molecule is Cc1ccc(C(=O)N2[C@H](C(=O)N3CCN(C)CC3)COC23CCN(C(=O)c2ccc4c(c2)OCO4)CC3)cc1. The van der Waals surface area contributed by atoms with Crippen molar-refractivity contribution in [3.05, 3.63) is 59.2 Å². The van der Waals surface area contributed by atoms with Crippen LogP contribution in [0.25, 0.3) is 0 Å². The Morgan fingerprint density at radius 1 is 0.795 bits per heavy atom. The topological polar surface area (TPSA) is 91.9 Å². The summed E-state index contributed by atoms with van der Waals surface area (Å²) in [7, 11) is 2.04. The van der Waals surface area contributed by atoms with E-state index in [0.717, 1.165) is 18.7 Å². The quantitative estimate of drug-likeness (QED) is 0.595. The van der Waals surface area contributed by atoms with E-state index >= 15 is 0 Å². The summed E-state index contributed by atoms with van der Waals surface area (Å²) in [5.41, 5.74) is 1.17. The Labute approximate surface area is 228 Å². The van der Waals surface area contributed by atoms with Gasteiger partial charge in [0.25, 0.3) is 11.8 Å². The molecule has 3 saturated heterocycles. The molecule has 10 heteroatoms. The molecule has 0 aromatic heterocycles. The zero-order valence-electron chi connectivity index (χ0n) is 22.4. The van der Waals surface area contributed by atoms with Gasteiger partial charge in [-0.15, -0.1) is 0 Å². The third kappa shape index (κ3) is 4.72. The fourth-order valence-corrected chi connectivity index (χ4v) is 5.90. The molecule has 4 aliphatic heterocycles. The molecule has 39 heavy (non-hydrogen) atoms. The van der Waals surface area contributed by atoms with Gasteiger partial charge in [0.05, 0.1) is 6.61 Å². The Bertz CT molecular complexity index is 1270. The fraction of sp³-hybridized carbons (Fsp3) is 0.483. The number of fused-ring (bicyclic) bond motifs is 1.